The van der Waals surface area contributed by atoms with Gasteiger partial charge in [0.05, 0.1) is 32.9 Å². The van der Waals surface area contributed by atoms with Crippen LogP contribution in [0, 0.1) is 39.4 Å². The first-order valence-electron chi connectivity index (χ1n) is 21.9. The summed E-state index contributed by atoms with van der Waals surface area (Å²) in [6, 6.07) is 0. The molecule has 58 heavy (non-hydrogen) atoms. The topological polar surface area (TPSA) is 172 Å². The second-order valence-electron chi connectivity index (χ2n) is 24.0. The average Bonchev–Trinajstić information content (AvgIpc) is 3.21. The van der Waals surface area contributed by atoms with Crippen LogP contribution in [0.1, 0.15) is 179 Å². The normalized spacial score (nSPS) is 41.6. The van der Waals surface area contributed by atoms with Gasteiger partial charge in [0.1, 0.15) is 22.4 Å². The molecule has 0 radical (unpaired) electrons. The molecule has 12 nitrogen and oxygen atoms in total. The zero-order chi connectivity index (χ0) is 43.0. The number of hydrogen-bond donors (Lipinski definition) is 2. The van der Waals surface area contributed by atoms with Crippen molar-refractivity contribution in [3.8, 4) is 0 Å². The van der Waals surface area contributed by atoms with Gasteiger partial charge in [-0.3, -0.25) is 19.2 Å². The number of hydrogen-bond acceptors (Lipinski definition) is 12. The Morgan fingerprint density at radius 1 is 0.655 bits per heavy atom. The third kappa shape index (κ3) is 7.84. The highest BCUT2D eigenvalue weighted by atomic mass is 16.6. The van der Waals surface area contributed by atoms with Gasteiger partial charge >= 0.3 is 29.8 Å². The molecule has 0 amide bonds. The van der Waals surface area contributed by atoms with Crippen LogP contribution < -0.4 is 0 Å². The van der Waals surface area contributed by atoms with E-state index in [0.717, 1.165) is 6.42 Å². The summed E-state index contributed by atoms with van der Waals surface area (Å²) in [6.07, 6.45) is 6.78. The molecule has 9 rings (SSSR count). The molecule has 8 saturated carbocycles. The van der Waals surface area contributed by atoms with Crippen LogP contribution in [0.3, 0.4) is 0 Å². The summed E-state index contributed by atoms with van der Waals surface area (Å²) >= 11 is 0. The maximum atomic E-state index is 15.0. The molecular formula is C46H70O12. The molecule has 9 unspecified atom stereocenters. The molecule has 8 bridgehead atoms. The summed E-state index contributed by atoms with van der Waals surface area (Å²) < 4.78 is 30.7. The second kappa shape index (κ2) is 13.1. The minimum atomic E-state index is -1.51. The number of ether oxygens (including phenoxy) is 5. The zero-order valence-corrected chi connectivity index (χ0v) is 37.0. The van der Waals surface area contributed by atoms with Crippen molar-refractivity contribution < 1.29 is 57.9 Å². The number of esters is 5. The Balaban J connectivity index is 1.17. The Bertz CT molecular complexity index is 1750. The molecule has 0 spiro atoms. The molecule has 0 aromatic carbocycles. The number of aliphatic hydroxyl groups is 2. The summed E-state index contributed by atoms with van der Waals surface area (Å²) in [5.74, 6) is -2.29. The van der Waals surface area contributed by atoms with Crippen LogP contribution in [0.25, 0.3) is 0 Å². The van der Waals surface area contributed by atoms with Gasteiger partial charge in [-0.15, -0.1) is 0 Å². The first-order chi connectivity index (χ1) is 26.3. The van der Waals surface area contributed by atoms with E-state index in [4.69, 9.17) is 23.7 Å². The van der Waals surface area contributed by atoms with Gasteiger partial charge in [-0.25, -0.2) is 4.79 Å². The fourth-order valence-corrected chi connectivity index (χ4v) is 14.1. The van der Waals surface area contributed by atoms with Gasteiger partial charge in [0, 0.05) is 25.7 Å². The Morgan fingerprint density at radius 3 is 1.74 bits per heavy atom. The molecule has 2 N–H and O–H groups in total. The monoisotopic (exact) mass is 814 g/mol. The van der Waals surface area contributed by atoms with Crippen molar-refractivity contribution in [1.82, 2.24) is 0 Å². The average molecular weight is 815 g/mol. The SMILES string of the molecule is CCC(C)(CC(C)(CC(C)(C)C(=O)OC1(C)CC(C)(C)OC1=O)C(=O)OC12CC3CC(CC(O)(C3)C1)C2)C(=O)OC12CC3CC(O)(C1)CC(C(=O)OC(C)(C)C)(C3)C2. The van der Waals surface area contributed by atoms with E-state index < -0.39 is 84.7 Å². The highest BCUT2D eigenvalue weighted by molar-refractivity contribution is 5.88. The molecule has 326 valence electrons. The van der Waals surface area contributed by atoms with E-state index in [1.165, 1.54) is 0 Å². The Kier molecular flexibility index (Phi) is 9.82. The van der Waals surface area contributed by atoms with Gasteiger partial charge in [-0.05, 0) is 164 Å². The molecule has 0 aromatic rings. The molecule has 1 aliphatic heterocycles. The highest BCUT2D eigenvalue weighted by Gasteiger charge is 2.69. The molecule has 1 heterocycles. The lowest BCUT2D eigenvalue weighted by Gasteiger charge is -2.63. The van der Waals surface area contributed by atoms with E-state index in [2.05, 4.69) is 0 Å². The molecule has 0 aromatic heterocycles. The van der Waals surface area contributed by atoms with E-state index in [1.807, 2.05) is 27.7 Å². The van der Waals surface area contributed by atoms with E-state index >= 15 is 4.79 Å². The van der Waals surface area contributed by atoms with Crippen molar-refractivity contribution >= 4 is 29.8 Å². The fraction of sp³-hybridized carbons (Fsp3) is 0.891. The maximum absolute atomic E-state index is 15.0. The lowest BCUT2D eigenvalue weighted by Crippen LogP contribution is -2.67. The summed E-state index contributed by atoms with van der Waals surface area (Å²) in [5, 5.41) is 23.4. The second-order valence-corrected chi connectivity index (χ2v) is 24.0. The summed E-state index contributed by atoms with van der Waals surface area (Å²) in [4.78, 5) is 70.8. The Morgan fingerprint density at radius 2 is 1.21 bits per heavy atom. The molecule has 12 heteroatoms. The van der Waals surface area contributed by atoms with Crippen LogP contribution in [0.15, 0.2) is 0 Å². The van der Waals surface area contributed by atoms with Crippen LogP contribution in [0.2, 0.25) is 0 Å². The number of cyclic esters (lactones) is 1. The van der Waals surface area contributed by atoms with Crippen molar-refractivity contribution in [2.24, 2.45) is 39.4 Å². The maximum Gasteiger partial charge on any atom is 0.351 e. The predicted octanol–water partition coefficient (Wildman–Crippen LogP) is 7.21. The standard InChI is InChI=1S/C46H70O12/c1-12-39(9,32(48)58-46-20-30-14-42(25-46,24-44(53,17-30)27-46)35(51)54-36(2,3)4)23-40(10,21-37(5,6)31(47)56-41(11)22-38(7,8)55-34(41)50)33(49)57-45-18-28-13-29(19-45)16-43(52,15-28)26-45/h28-30,52-53H,12-27H2,1-11H3. The van der Waals surface area contributed by atoms with E-state index in [9.17, 15) is 29.4 Å². The number of carbonyl (C=O) groups is 5. The molecule has 1 saturated heterocycles. The summed E-state index contributed by atoms with van der Waals surface area (Å²) in [7, 11) is 0. The summed E-state index contributed by atoms with van der Waals surface area (Å²) in [6.45, 7) is 19.3. The van der Waals surface area contributed by atoms with Crippen LogP contribution in [0.5, 0.6) is 0 Å². The minimum absolute atomic E-state index is 0.0267. The smallest absolute Gasteiger partial charge is 0.351 e. The number of carbonyl (C=O) groups excluding carboxylic acids is 5. The predicted molar refractivity (Wildman–Crippen MR) is 211 cm³/mol. The van der Waals surface area contributed by atoms with Crippen LogP contribution in [0.4, 0.5) is 0 Å². The van der Waals surface area contributed by atoms with Crippen LogP contribution >= 0.6 is 0 Å². The molecule has 9 atom stereocenters. The van der Waals surface area contributed by atoms with Crippen molar-refractivity contribution in [2.75, 3.05) is 0 Å². The molecule has 9 aliphatic rings. The zero-order valence-electron chi connectivity index (χ0n) is 37.0. The van der Waals surface area contributed by atoms with Gasteiger partial charge in [0.25, 0.3) is 0 Å². The van der Waals surface area contributed by atoms with Crippen molar-refractivity contribution in [1.29, 1.82) is 0 Å². The van der Waals surface area contributed by atoms with Crippen molar-refractivity contribution in [2.45, 2.75) is 218 Å². The van der Waals surface area contributed by atoms with Crippen LogP contribution in [-0.4, -0.2) is 79.3 Å². The molecular weight excluding hydrogens is 744 g/mol. The quantitative estimate of drug-likeness (QED) is 0.150. The number of rotatable bonds is 12. The lowest BCUT2D eigenvalue weighted by molar-refractivity contribution is -0.254. The third-order valence-corrected chi connectivity index (χ3v) is 15.2. The first-order valence-corrected chi connectivity index (χ1v) is 21.9. The van der Waals surface area contributed by atoms with Crippen molar-refractivity contribution in [3.05, 3.63) is 0 Å². The molecule has 8 aliphatic carbocycles. The van der Waals surface area contributed by atoms with Crippen LogP contribution in [-0.2, 0) is 47.7 Å². The van der Waals surface area contributed by atoms with Crippen molar-refractivity contribution in [3.63, 3.8) is 0 Å². The van der Waals surface area contributed by atoms with Gasteiger partial charge in [0.2, 0.25) is 5.60 Å². The Hall–Kier alpha value is -2.73. The van der Waals surface area contributed by atoms with Gasteiger partial charge < -0.3 is 33.9 Å². The van der Waals surface area contributed by atoms with E-state index in [1.54, 1.807) is 48.5 Å². The Labute approximate surface area is 344 Å². The van der Waals surface area contributed by atoms with E-state index in [0.29, 0.717) is 51.4 Å². The van der Waals surface area contributed by atoms with Gasteiger partial charge in [-0.1, -0.05) is 6.92 Å². The highest BCUT2D eigenvalue weighted by Crippen LogP contribution is 2.66. The molecule has 9 fully saturated rings. The first kappa shape index (κ1) is 43.4. The fourth-order valence-electron chi connectivity index (χ4n) is 14.1. The summed E-state index contributed by atoms with van der Waals surface area (Å²) in [5.41, 5.74) is -12.1. The third-order valence-electron chi connectivity index (χ3n) is 15.2. The van der Waals surface area contributed by atoms with Gasteiger partial charge in [0.15, 0.2) is 0 Å². The minimum Gasteiger partial charge on any atom is -0.460 e. The van der Waals surface area contributed by atoms with E-state index in [-0.39, 0.29) is 68.7 Å². The largest absolute Gasteiger partial charge is 0.460 e. The van der Waals surface area contributed by atoms with Gasteiger partial charge in [-0.2, -0.15) is 0 Å². The lowest BCUT2D eigenvalue weighted by atomic mass is 9.46.